The summed E-state index contributed by atoms with van der Waals surface area (Å²) in [5.74, 6) is 0. The Morgan fingerprint density at radius 2 is 1.67 bits per heavy atom. The van der Waals surface area contributed by atoms with Crippen LogP contribution in [-0.4, -0.2) is 0 Å². The third-order valence-electron chi connectivity index (χ3n) is 2.62. The van der Waals surface area contributed by atoms with Crippen LogP contribution in [0.3, 0.4) is 0 Å². The van der Waals surface area contributed by atoms with Gasteiger partial charge in [-0.25, -0.2) is 0 Å². The maximum atomic E-state index is 3.78. The van der Waals surface area contributed by atoms with Gasteiger partial charge in [-0.3, -0.25) is 0 Å². The lowest BCUT2D eigenvalue weighted by atomic mass is 10.0. The second-order valence-electron chi connectivity index (χ2n) is 3.96. The van der Waals surface area contributed by atoms with Crippen molar-refractivity contribution in [2.45, 2.75) is 11.2 Å². The second-order valence-corrected chi connectivity index (χ2v) is 8.08. The zero-order valence-electron chi connectivity index (χ0n) is 9.34. The van der Waals surface area contributed by atoms with Crippen LogP contribution in [0.5, 0.6) is 0 Å². The van der Waals surface area contributed by atoms with Crippen LogP contribution in [0.15, 0.2) is 51.4 Å². The topological polar surface area (TPSA) is 0 Å². The van der Waals surface area contributed by atoms with E-state index in [0.717, 1.165) is 15.4 Å². The van der Waals surface area contributed by atoms with E-state index in [1.54, 1.807) is 0 Å². The molecule has 2 rings (SSSR count). The fraction of sp³-hybridized carbons (Fsp3) is 0.143. The molecule has 0 fully saturated rings. The third kappa shape index (κ3) is 4.05. The number of benzene rings is 2. The molecule has 0 aliphatic carbocycles. The quantitative estimate of drug-likeness (QED) is 0.306. The SMILES string of the molecule is Brc1ccc(CC(Br)c2cc(I)ccc2Br)cc1. The molecular formula is C14H10Br3I. The molecule has 0 nitrogen and oxygen atoms in total. The Balaban J connectivity index is 2.18. The lowest BCUT2D eigenvalue weighted by molar-refractivity contribution is 0.942. The number of rotatable bonds is 3. The number of hydrogen-bond acceptors (Lipinski definition) is 0. The first-order chi connectivity index (χ1) is 8.56. The molecule has 0 radical (unpaired) electrons. The van der Waals surface area contributed by atoms with Gasteiger partial charge in [-0.05, 0) is 70.5 Å². The van der Waals surface area contributed by atoms with Crippen LogP contribution >= 0.6 is 70.4 Å². The molecule has 0 aliphatic rings. The lowest BCUT2D eigenvalue weighted by Crippen LogP contribution is -1.97. The molecule has 2 aromatic rings. The van der Waals surface area contributed by atoms with Crippen LogP contribution in [-0.2, 0) is 6.42 Å². The summed E-state index contributed by atoms with van der Waals surface area (Å²) in [6.07, 6.45) is 0.978. The molecule has 18 heavy (non-hydrogen) atoms. The minimum Gasteiger partial charge on any atom is -0.0835 e. The Bertz CT molecular complexity index is 537. The molecule has 0 spiro atoms. The van der Waals surface area contributed by atoms with E-state index in [-0.39, 0.29) is 0 Å². The van der Waals surface area contributed by atoms with Gasteiger partial charge >= 0.3 is 0 Å². The molecule has 0 saturated carbocycles. The standard InChI is InChI=1S/C14H10Br3I/c15-10-3-1-9(2-4-10)7-14(17)12-8-11(18)5-6-13(12)16/h1-6,8,14H,7H2. The third-order valence-corrected chi connectivity index (χ3v) is 5.36. The summed E-state index contributed by atoms with van der Waals surface area (Å²) in [7, 11) is 0. The largest absolute Gasteiger partial charge is 0.0835 e. The summed E-state index contributed by atoms with van der Waals surface area (Å²) >= 11 is 13.2. The molecular weight excluding hydrogens is 535 g/mol. The first kappa shape index (κ1) is 15.0. The van der Waals surface area contributed by atoms with Crippen molar-refractivity contribution in [3.8, 4) is 0 Å². The van der Waals surface area contributed by atoms with Crippen molar-refractivity contribution in [2.24, 2.45) is 0 Å². The van der Waals surface area contributed by atoms with Gasteiger partial charge in [-0.15, -0.1) is 0 Å². The van der Waals surface area contributed by atoms with Crippen molar-refractivity contribution < 1.29 is 0 Å². The Kier molecular flexibility index (Phi) is 5.72. The maximum absolute atomic E-state index is 3.78. The number of hydrogen-bond donors (Lipinski definition) is 0. The molecule has 0 aliphatic heterocycles. The van der Waals surface area contributed by atoms with Gasteiger partial charge in [0.05, 0.1) is 0 Å². The lowest BCUT2D eigenvalue weighted by Gasteiger charge is -2.13. The fourth-order valence-corrected chi connectivity index (χ4v) is 4.05. The van der Waals surface area contributed by atoms with Crippen molar-refractivity contribution in [3.05, 3.63) is 66.1 Å². The first-order valence-electron chi connectivity index (χ1n) is 5.40. The molecule has 0 N–H and O–H groups in total. The van der Waals surface area contributed by atoms with Gasteiger partial charge in [0, 0.05) is 17.3 Å². The minimum absolute atomic E-state index is 0.322. The number of alkyl halides is 1. The van der Waals surface area contributed by atoms with E-state index in [1.807, 2.05) is 0 Å². The zero-order chi connectivity index (χ0) is 13.1. The van der Waals surface area contributed by atoms with Gasteiger partial charge in [0.1, 0.15) is 0 Å². The van der Waals surface area contributed by atoms with E-state index < -0.39 is 0 Å². The van der Waals surface area contributed by atoms with Crippen molar-refractivity contribution in [2.75, 3.05) is 0 Å². The molecule has 2 aromatic carbocycles. The highest BCUT2D eigenvalue weighted by molar-refractivity contribution is 14.1. The van der Waals surface area contributed by atoms with E-state index in [0.29, 0.717) is 4.83 Å². The van der Waals surface area contributed by atoms with Gasteiger partial charge in [0.25, 0.3) is 0 Å². The van der Waals surface area contributed by atoms with E-state index in [9.17, 15) is 0 Å². The molecule has 1 unspecified atom stereocenters. The Hall–Kier alpha value is 0.610. The van der Waals surface area contributed by atoms with Gasteiger partial charge in [0.2, 0.25) is 0 Å². The smallest absolute Gasteiger partial charge is 0.0447 e. The average molecular weight is 545 g/mol. The van der Waals surface area contributed by atoms with Crippen LogP contribution < -0.4 is 0 Å². The molecule has 1 atom stereocenters. The first-order valence-corrected chi connectivity index (χ1v) is 8.98. The maximum Gasteiger partial charge on any atom is 0.0447 e. The minimum atomic E-state index is 0.322. The summed E-state index contributed by atoms with van der Waals surface area (Å²) in [4.78, 5) is 0.322. The summed E-state index contributed by atoms with van der Waals surface area (Å²) in [6.45, 7) is 0. The van der Waals surface area contributed by atoms with E-state index >= 15 is 0 Å². The fourth-order valence-electron chi connectivity index (χ4n) is 1.69. The molecule has 0 bridgehead atoms. The molecule has 4 heteroatoms. The van der Waals surface area contributed by atoms with Crippen molar-refractivity contribution in [3.63, 3.8) is 0 Å². The molecule has 94 valence electrons. The molecule has 0 amide bonds. The normalized spacial score (nSPS) is 12.4. The highest BCUT2D eigenvalue weighted by Crippen LogP contribution is 2.33. The zero-order valence-corrected chi connectivity index (χ0v) is 16.3. The van der Waals surface area contributed by atoms with Crippen LogP contribution in [0.2, 0.25) is 0 Å². The van der Waals surface area contributed by atoms with Crippen molar-refractivity contribution >= 4 is 70.4 Å². The van der Waals surface area contributed by atoms with Gasteiger partial charge in [-0.1, -0.05) is 59.9 Å². The van der Waals surface area contributed by atoms with E-state index in [1.165, 1.54) is 14.7 Å². The molecule has 0 heterocycles. The Morgan fingerprint density at radius 3 is 2.33 bits per heavy atom. The van der Waals surface area contributed by atoms with Gasteiger partial charge in [-0.2, -0.15) is 0 Å². The van der Waals surface area contributed by atoms with E-state index in [4.69, 9.17) is 0 Å². The summed E-state index contributed by atoms with van der Waals surface area (Å²) in [5.41, 5.74) is 2.62. The molecule has 0 saturated heterocycles. The summed E-state index contributed by atoms with van der Waals surface area (Å²) < 4.78 is 3.53. The van der Waals surface area contributed by atoms with Crippen molar-refractivity contribution in [1.29, 1.82) is 0 Å². The van der Waals surface area contributed by atoms with Crippen LogP contribution in [0, 0.1) is 3.57 Å². The molecule has 0 aromatic heterocycles. The van der Waals surface area contributed by atoms with Crippen LogP contribution in [0.25, 0.3) is 0 Å². The average Bonchev–Trinajstić information content (AvgIpc) is 2.35. The second kappa shape index (κ2) is 6.86. The number of halogens is 4. The predicted molar refractivity (Wildman–Crippen MR) is 96.4 cm³/mol. The predicted octanol–water partition coefficient (Wildman–Crippen LogP) is 6.49. The summed E-state index contributed by atoms with van der Waals surface area (Å²) in [6, 6.07) is 14.9. The van der Waals surface area contributed by atoms with Gasteiger partial charge in [0.15, 0.2) is 0 Å². The summed E-state index contributed by atoms with van der Waals surface area (Å²) in [5, 5.41) is 0. The Morgan fingerprint density at radius 1 is 1.00 bits per heavy atom. The van der Waals surface area contributed by atoms with Crippen molar-refractivity contribution in [1.82, 2.24) is 0 Å². The van der Waals surface area contributed by atoms with Crippen LogP contribution in [0.4, 0.5) is 0 Å². The van der Waals surface area contributed by atoms with Crippen LogP contribution in [0.1, 0.15) is 16.0 Å². The highest BCUT2D eigenvalue weighted by Gasteiger charge is 2.12. The van der Waals surface area contributed by atoms with Gasteiger partial charge < -0.3 is 0 Å². The monoisotopic (exact) mass is 542 g/mol. The Labute approximate surface area is 146 Å². The highest BCUT2D eigenvalue weighted by atomic mass is 127. The van der Waals surface area contributed by atoms with E-state index in [2.05, 4.69) is 113 Å².